The lowest BCUT2D eigenvalue weighted by molar-refractivity contribution is 0.0920. The van der Waals surface area contributed by atoms with Crippen molar-refractivity contribution < 1.29 is 4.79 Å². The summed E-state index contributed by atoms with van der Waals surface area (Å²) in [4.78, 5) is 30.7. The number of rotatable bonds is 5. The van der Waals surface area contributed by atoms with Crippen LogP contribution in [0.15, 0.2) is 82.7 Å². The van der Waals surface area contributed by atoms with Gasteiger partial charge in [0.2, 0.25) is 5.91 Å². The molecule has 31 heavy (non-hydrogen) atoms. The monoisotopic (exact) mass is 427 g/mol. The quantitative estimate of drug-likeness (QED) is 0.280. The number of para-hydroxylation sites is 3. The number of aromatic nitrogens is 3. The van der Waals surface area contributed by atoms with Gasteiger partial charge in [-0.3, -0.25) is 18.7 Å². The number of carbonyl (C=O) groups is 1. The molecule has 3 aromatic carbocycles. The fraction of sp³-hybridized carbons (Fsp3) is 0.160. The van der Waals surface area contributed by atoms with Crippen molar-refractivity contribution in [2.45, 2.75) is 25.0 Å². The first-order valence-corrected chi connectivity index (χ1v) is 11.3. The number of nitrogens with zero attached hydrogens (tertiary/aromatic N) is 3. The Kier molecular flexibility index (Phi) is 5.08. The van der Waals surface area contributed by atoms with E-state index in [1.165, 1.54) is 11.8 Å². The molecule has 0 unspecified atom stereocenters. The van der Waals surface area contributed by atoms with Gasteiger partial charge in [0.1, 0.15) is 0 Å². The molecule has 0 saturated heterocycles. The molecule has 0 N–H and O–H groups in total. The molecule has 5 rings (SSSR count). The topological polar surface area (TPSA) is 56.9 Å². The molecule has 0 fully saturated rings. The van der Waals surface area contributed by atoms with E-state index < -0.39 is 0 Å². The number of benzene rings is 3. The molecule has 0 radical (unpaired) electrons. The standard InChI is InChI=1S/C25H21N3O2S/c1-2-27-24(30)19-11-3-6-12-20(19)26-25(27)31-16-15-23(29)28-21-13-7-4-9-17(21)18-10-5-8-14-22(18)28/h3-14H,2,15-16H2,1H3. The maximum atomic E-state index is 13.2. The third-order valence-electron chi connectivity index (χ3n) is 5.52. The molecule has 2 aromatic heterocycles. The minimum atomic E-state index is -0.0377. The second-order valence-electron chi connectivity index (χ2n) is 7.32. The minimum absolute atomic E-state index is 0.0377. The van der Waals surface area contributed by atoms with Crippen LogP contribution in [-0.2, 0) is 6.54 Å². The fourth-order valence-electron chi connectivity index (χ4n) is 4.07. The van der Waals surface area contributed by atoms with E-state index >= 15 is 0 Å². The van der Waals surface area contributed by atoms with Gasteiger partial charge in [-0.2, -0.15) is 0 Å². The van der Waals surface area contributed by atoms with E-state index in [0.717, 1.165) is 21.8 Å². The molecule has 0 aliphatic heterocycles. The highest BCUT2D eigenvalue weighted by atomic mass is 32.2. The maximum absolute atomic E-state index is 13.2. The Morgan fingerprint density at radius 2 is 1.45 bits per heavy atom. The lowest BCUT2D eigenvalue weighted by Crippen LogP contribution is -2.22. The summed E-state index contributed by atoms with van der Waals surface area (Å²) in [5.41, 5.74) is 2.50. The van der Waals surface area contributed by atoms with Crippen molar-refractivity contribution in [2.24, 2.45) is 0 Å². The Morgan fingerprint density at radius 1 is 0.871 bits per heavy atom. The molecule has 5 nitrogen and oxygen atoms in total. The summed E-state index contributed by atoms with van der Waals surface area (Å²) in [5, 5.41) is 3.43. The third-order valence-corrected chi connectivity index (χ3v) is 6.50. The average molecular weight is 428 g/mol. The smallest absolute Gasteiger partial charge is 0.262 e. The molecule has 154 valence electrons. The average Bonchev–Trinajstić information content (AvgIpc) is 3.14. The van der Waals surface area contributed by atoms with Crippen LogP contribution in [0.25, 0.3) is 32.7 Å². The van der Waals surface area contributed by atoms with Gasteiger partial charge < -0.3 is 0 Å². The van der Waals surface area contributed by atoms with Gasteiger partial charge in [0.15, 0.2) is 5.16 Å². The van der Waals surface area contributed by atoms with E-state index in [1.807, 2.05) is 66.1 Å². The van der Waals surface area contributed by atoms with Crippen molar-refractivity contribution >= 4 is 50.4 Å². The Morgan fingerprint density at radius 3 is 2.10 bits per heavy atom. The molecular formula is C25H21N3O2S. The molecule has 0 aliphatic rings. The predicted molar refractivity (Wildman–Crippen MR) is 127 cm³/mol. The number of thioether (sulfide) groups is 1. The van der Waals surface area contributed by atoms with E-state index in [9.17, 15) is 9.59 Å². The Hall–Kier alpha value is -3.38. The van der Waals surface area contributed by atoms with E-state index in [1.54, 1.807) is 10.6 Å². The molecule has 2 heterocycles. The zero-order chi connectivity index (χ0) is 21.4. The molecule has 0 spiro atoms. The number of carbonyl (C=O) groups excluding carboxylic acids is 1. The van der Waals surface area contributed by atoms with Crippen LogP contribution in [0.5, 0.6) is 0 Å². The summed E-state index contributed by atoms with van der Waals surface area (Å²) >= 11 is 1.45. The van der Waals surface area contributed by atoms with Gasteiger partial charge in [-0.25, -0.2) is 4.98 Å². The molecule has 0 aliphatic carbocycles. The summed E-state index contributed by atoms with van der Waals surface area (Å²) in [6.45, 7) is 2.48. The van der Waals surface area contributed by atoms with Crippen molar-refractivity contribution in [1.82, 2.24) is 14.1 Å². The molecule has 0 bridgehead atoms. The lowest BCUT2D eigenvalue weighted by atomic mass is 10.2. The SMILES string of the molecule is CCn1c(SCCC(=O)n2c3ccccc3c3ccccc32)nc2ccccc2c1=O. The second-order valence-corrected chi connectivity index (χ2v) is 8.38. The van der Waals surface area contributed by atoms with Gasteiger partial charge >= 0.3 is 0 Å². The Labute approximate surface area is 183 Å². The molecule has 5 aromatic rings. The van der Waals surface area contributed by atoms with E-state index in [4.69, 9.17) is 0 Å². The summed E-state index contributed by atoms with van der Waals surface area (Å²) in [7, 11) is 0. The van der Waals surface area contributed by atoms with Crippen molar-refractivity contribution in [2.75, 3.05) is 5.75 Å². The van der Waals surface area contributed by atoms with Gasteiger partial charge in [-0.05, 0) is 31.2 Å². The summed E-state index contributed by atoms with van der Waals surface area (Å²) in [5.74, 6) is 0.584. The minimum Gasteiger partial charge on any atom is -0.287 e. The summed E-state index contributed by atoms with van der Waals surface area (Å²) in [6.07, 6.45) is 0.347. The van der Waals surface area contributed by atoms with E-state index in [-0.39, 0.29) is 11.5 Å². The van der Waals surface area contributed by atoms with Crippen LogP contribution in [0.2, 0.25) is 0 Å². The zero-order valence-corrected chi connectivity index (χ0v) is 17.9. The molecule has 0 atom stereocenters. The van der Waals surface area contributed by atoms with Gasteiger partial charge in [0, 0.05) is 29.5 Å². The molecular weight excluding hydrogens is 406 g/mol. The van der Waals surface area contributed by atoms with Gasteiger partial charge in [-0.1, -0.05) is 60.3 Å². The van der Waals surface area contributed by atoms with E-state index in [2.05, 4.69) is 17.1 Å². The molecule has 0 amide bonds. The van der Waals surface area contributed by atoms with Crippen LogP contribution in [-0.4, -0.2) is 25.8 Å². The second kappa shape index (κ2) is 8.04. The fourth-order valence-corrected chi connectivity index (χ4v) is 5.06. The van der Waals surface area contributed by atoms with Crippen LogP contribution in [0.1, 0.15) is 18.1 Å². The molecule has 0 saturated carbocycles. The Balaban J connectivity index is 1.44. The number of fused-ring (bicyclic) bond motifs is 4. The first-order chi connectivity index (χ1) is 15.2. The van der Waals surface area contributed by atoms with Crippen LogP contribution in [0, 0.1) is 0 Å². The zero-order valence-electron chi connectivity index (χ0n) is 17.1. The summed E-state index contributed by atoms with van der Waals surface area (Å²) < 4.78 is 3.49. The first-order valence-electron chi connectivity index (χ1n) is 10.3. The highest BCUT2D eigenvalue weighted by Crippen LogP contribution is 2.29. The van der Waals surface area contributed by atoms with Gasteiger partial charge in [0.05, 0.1) is 21.9 Å². The van der Waals surface area contributed by atoms with Crippen molar-refractivity contribution in [3.8, 4) is 0 Å². The van der Waals surface area contributed by atoms with Crippen LogP contribution >= 0.6 is 11.8 Å². The van der Waals surface area contributed by atoms with Crippen molar-refractivity contribution in [1.29, 1.82) is 0 Å². The van der Waals surface area contributed by atoms with Crippen LogP contribution in [0.3, 0.4) is 0 Å². The normalized spacial score (nSPS) is 11.5. The lowest BCUT2D eigenvalue weighted by Gasteiger charge is -2.11. The summed E-state index contributed by atoms with van der Waals surface area (Å²) in [6, 6.07) is 23.4. The van der Waals surface area contributed by atoms with E-state index in [0.29, 0.717) is 34.8 Å². The van der Waals surface area contributed by atoms with Gasteiger partial charge in [-0.15, -0.1) is 0 Å². The predicted octanol–water partition coefficient (Wildman–Crippen LogP) is 5.35. The highest BCUT2D eigenvalue weighted by molar-refractivity contribution is 7.99. The maximum Gasteiger partial charge on any atom is 0.262 e. The Bertz CT molecular complexity index is 1450. The van der Waals surface area contributed by atoms with Crippen molar-refractivity contribution in [3.05, 3.63) is 83.2 Å². The third kappa shape index (κ3) is 3.33. The van der Waals surface area contributed by atoms with Gasteiger partial charge in [0.25, 0.3) is 5.56 Å². The number of hydrogen-bond donors (Lipinski definition) is 0. The van der Waals surface area contributed by atoms with Crippen LogP contribution in [0.4, 0.5) is 0 Å². The van der Waals surface area contributed by atoms with Crippen LogP contribution < -0.4 is 5.56 Å². The largest absolute Gasteiger partial charge is 0.287 e. The highest BCUT2D eigenvalue weighted by Gasteiger charge is 2.16. The van der Waals surface area contributed by atoms with Crippen molar-refractivity contribution in [3.63, 3.8) is 0 Å². The number of hydrogen-bond acceptors (Lipinski definition) is 4. The first kappa shape index (κ1) is 19.6. The molecule has 6 heteroatoms.